The van der Waals surface area contributed by atoms with Gasteiger partial charge in [-0.3, -0.25) is 0 Å². The van der Waals surface area contributed by atoms with Crippen LogP contribution in [0.25, 0.3) is 0 Å². The normalized spacial score (nSPS) is 11.1. The molecule has 0 aliphatic carbocycles. The summed E-state index contributed by atoms with van der Waals surface area (Å²) < 4.78 is 38.2. The van der Waals surface area contributed by atoms with Gasteiger partial charge in [-0.2, -0.15) is 5.26 Å². The van der Waals surface area contributed by atoms with Gasteiger partial charge in [-0.1, -0.05) is 6.07 Å². The Hall–Kier alpha value is -2.39. The van der Waals surface area contributed by atoms with Gasteiger partial charge in [0.2, 0.25) is 0 Å². The fourth-order valence-electron chi connectivity index (χ4n) is 2.02. The van der Waals surface area contributed by atoms with Gasteiger partial charge in [0.25, 0.3) is 0 Å². The summed E-state index contributed by atoms with van der Waals surface area (Å²) in [5.74, 6) is -1.03. The first-order valence-corrected chi connectivity index (χ1v) is 7.76. The highest BCUT2D eigenvalue weighted by Gasteiger charge is 2.20. The predicted octanol–water partition coefficient (Wildman–Crippen LogP) is 2.56. The molecule has 6 heteroatoms. The molecule has 0 amide bonds. The number of hydrogen-bond donors (Lipinski definition) is 1. The minimum atomic E-state index is -3.71. The summed E-state index contributed by atoms with van der Waals surface area (Å²) >= 11 is 0. The van der Waals surface area contributed by atoms with Crippen LogP contribution in [0, 0.1) is 24.1 Å². The molecule has 2 N–H and O–H groups in total. The maximum absolute atomic E-state index is 13.3. The fourth-order valence-corrected chi connectivity index (χ4v) is 3.70. The van der Waals surface area contributed by atoms with Gasteiger partial charge < -0.3 is 5.73 Å². The van der Waals surface area contributed by atoms with E-state index in [-0.39, 0.29) is 16.0 Å². The number of anilines is 1. The van der Waals surface area contributed by atoms with Crippen molar-refractivity contribution in [2.24, 2.45) is 0 Å². The Kier molecular flexibility index (Phi) is 3.96. The molecule has 0 saturated heterocycles. The summed E-state index contributed by atoms with van der Waals surface area (Å²) in [5, 5.41) is 8.99. The SMILES string of the molecule is Cc1ccc(N)cc1S(=O)(=O)Cc1cc(F)ccc1C#N. The van der Waals surface area contributed by atoms with E-state index in [1.54, 1.807) is 19.1 Å². The second kappa shape index (κ2) is 5.54. The van der Waals surface area contributed by atoms with Gasteiger partial charge >= 0.3 is 0 Å². The van der Waals surface area contributed by atoms with E-state index in [1.807, 2.05) is 6.07 Å². The Balaban J connectivity index is 2.50. The summed E-state index contributed by atoms with van der Waals surface area (Å²) in [5.41, 5.74) is 6.79. The molecule has 108 valence electrons. The van der Waals surface area contributed by atoms with Crippen LogP contribution in [0.15, 0.2) is 41.3 Å². The number of aryl methyl sites for hydroxylation is 1. The number of nitrogen functional groups attached to an aromatic ring is 1. The standard InChI is InChI=1S/C15H13FN2O2S/c1-10-2-5-14(18)7-15(10)21(19,20)9-12-6-13(16)4-3-11(12)8-17/h2-7H,9,18H2,1H3. The predicted molar refractivity (Wildman–Crippen MR) is 77.6 cm³/mol. The lowest BCUT2D eigenvalue weighted by atomic mass is 10.1. The van der Waals surface area contributed by atoms with Gasteiger partial charge in [0.1, 0.15) is 5.82 Å². The van der Waals surface area contributed by atoms with Gasteiger partial charge in [0, 0.05) is 5.69 Å². The zero-order valence-corrected chi connectivity index (χ0v) is 12.1. The summed E-state index contributed by atoms with van der Waals surface area (Å²) in [6, 6.07) is 9.92. The Morgan fingerprint density at radius 1 is 1.24 bits per heavy atom. The molecule has 2 rings (SSSR count). The van der Waals surface area contributed by atoms with Crippen molar-refractivity contribution in [2.75, 3.05) is 5.73 Å². The average molecular weight is 304 g/mol. The van der Waals surface area contributed by atoms with E-state index in [0.29, 0.717) is 11.3 Å². The zero-order chi connectivity index (χ0) is 15.6. The molecule has 0 fully saturated rings. The first kappa shape index (κ1) is 15.0. The average Bonchev–Trinajstić information content (AvgIpc) is 2.41. The van der Waals surface area contributed by atoms with Crippen molar-refractivity contribution in [3.63, 3.8) is 0 Å². The molecule has 0 spiro atoms. The highest BCUT2D eigenvalue weighted by atomic mass is 32.2. The van der Waals surface area contributed by atoms with Gasteiger partial charge in [-0.25, -0.2) is 12.8 Å². The molecule has 0 aliphatic rings. The summed E-state index contributed by atoms with van der Waals surface area (Å²) in [7, 11) is -3.71. The van der Waals surface area contributed by atoms with E-state index in [4.69, 9.17) is 11.0 Å². The summed E-state index contributed by atoms with van der Waals surface area (Å²) in [6.07, 6.45) is 0. The molecule has 0 bridgehead atoms. The lowest BCUT2D eigenvalue weighted by Gasteiger charge is -2.10. The van der Waals surface area contributed by atoms with Crippen LogP contribution in [0.3, 0.4) is 0 Å². The number of halogens is 1. The van der Waals surface area contributed by atoms with Crippen LogP contribution in [0.5, 0.6) is 0 Å². The number of benzene rings is 2. The molecule has 0 atom stereocenters. The third-order valence-corrected chi connectivity index (χ3v) is 4.88. The fraction of sp³-hybridized carbons (Fsp3) is 0.133. The zero-order valence-electron chi connectivity index (χ0n) is 11.3. The van der Waals surface area contributed by atoms with Crippen LogP contribution in [0.1, 0.15) is 16.7 Å². The van der Waals surface area contributed by atoms with E-state index in [2.05, 4.69) is 0 Å². The number of nitriles is 1. The van der Waals surface area contributed by atoms with E-state index in [1.165, 1.54) is 12.1 Å². The molecule has 4 nitrogen and oxygen atoms in total. The maximum Gasteiger partial charge on any atom is 0.182 e. The molecule has 21 heavy (non-hydrogen) atoms. The molecule has 0 unspecified atom stereocenters. The molecule has 0 aromatic heterocycles. The monoisotopic (exact) mass is 304 g/mol. The van der Waals surface area contributed by atoms with Gasteiger partial charge in [-0.15, -0.1) is 0 Å². The third kappa shape index (κ3) is 3.20. The van der Waals surface area contributed by atoms with Gasteiger partial charge in [-0.05, 0) is 48.4 Å². The molecular weight excluding hydrogens is 291 g/mol. The third-order valence-electron chi connectivity index (χ3n) is 3.08. The lowest BCUT2D eigenvalue weighted by Crippen LogP contribution is -2.09. The van der Waals surface area contributed by atoms with E-state index in [0.717, 1.165) is 12.1 Å². The van der Waals surface area contributed by atoms with Crippen LogP contribution >= 0.6 is 0 Å². The molecule has 0 heterocycles. The van der Waals surface area contributed by atoms with Crippen molar-refractivity contribution >= 4 is 15.5 Å². The van der Waals surface area contributed by atoms with Crippen LogP contribution < -0.4 is 5.73 Å². The van der Waals surface area contributed by atoms with Crippen molar-refractivity contribution in [1.82, 2.24) is 0 Å². The van der Waals surface area contributed by atoms with Gasteiger partial charge in [0.05, 0.1) is 22.3 Å². The number of sulfone groups is 1. The highest BCUT2D eigenvalue weighted by molar-refractivity contribution is 7.90. The van der Waals surface area contributed by atoms with Crippen molar-refractivity contribution in [1.29, 1.82) is 5.26 Å². The maximum atomic E-state index is 13.3. The summed E-state index contributed by atoms with van der Waals surface area (Å²) in [6.45, 7) is 1.66. The molecule has 2 aromatic carbocycles. The van der Waals surface area contributed by atoms with Crippen LogP contribution in [-0.4, -0.2) is 8.42 Å². The number of rotatable bonds is 3. The highest BCUT2D eigenvalue weighted by Crippen LogP contribution is 2.24. The summed E-state index contributed by atoms with van der Waals surface area (Å²) in [4.78, 5) is 0.0932. The second-order valence-electron chi connectivity index (χ2n) is 4.70. The van der Waals surface area contributed by atoms with Crippen molar-refractivity contribution in [3.8, 4) is 6.07 Å². The van der Waals surface area contributed by atoms with Crippen LogP contribution in [-0.2, 0) is 15.6 Å². The Morgan fingerprint density at radius 2 is 1.95 bits per heavy atom. The minimum absolute atomic E-state index is 0.0932. The second-order valence-corrected chi connectivity index (χ2v) is 6.66. The van der Waals surface area contributed by atoms with E-state index >= 15 is 0 Å². The lowest BCUT2D eigenvalue weighted by molar-refractivity contribution is 0.594. The number of nitrogens with two attached hydrogens (primary N) is 1. The topological polar surface area (TPSA) is 84.0 Å². The Labute approximate surface area is 122 Å². The number of hydrogen-bond acceptors (Lipinski definition) is 4. The van der Waals surface area contributed by atoms with Crippen molar-refractivity contribution in [3.05, 3.63) is 58.9 Å². The molecule has 2 aromatic rings. The Bertz CT molecular complexity index is 839. The van der Waals surface area contributed by atoms with Crippen molar-refractivity contribution < 1.29 is 12.8 Å². The van der Waals surface area contributed by atoms with E-state index in [9.17, 15) is 12.8 Å². The number of nitrogens with zero attached hydrogens (tertiary/aromatic N) is 1. The quantitative estimate of drug-likeness (QED) is 0.883. The first-order chi connectivity index (χ1) is 9.83. The van der Waals surface area contributed by atoms with Crippen LogP contribution in [0.2, 0.25) is 0 Å². The Morgan fingerprint density at radius 3 is 2.62 bits per heavy atom. The molecule has 0 radical (unpaired) electrons. The molecule has 0 saturated carbocycles. The smallest absolute Gasteiger partial charge is 0.182 e. The molecule has 0 aliphatic heterocycles. The first-order valence-electron chi connectivity index (χ1n) is 6.11. The van der Waals surface area contributed by atoms with Crippen LogP contribution in [0.4, 0.5) is 10.1 Å². The minimum Gasteiger partial charge on any atom is -0.399 e. The molecular formula is C15H13FN2O2S. The van der Waals surface area contributed by atoms with Gasteiger partial charge in [0.15, 0.2) is 9.84 Å². The largest absolute Gasteiger partial charge is 0.399 e. The van der Waals surface area contributed by atoms with E-state index < -0.39 is 21.4 Å². The van der Waals surface area contributed by atoms with Crippen molar-refractivity contribution in [2.45, 2.75) is 17.6 Å².